The van der Waals surface area contributed by atoms with E-state index in [1.807, 2.05) is 56.0 Å². The van der Waals surface area contributed by atoms with Crippen molar-refractivity contribution in [2.45, 2.75) is 49.1 Å². The Morgan fingerprint density at radius 2 is 1.67 bits per heavy atom. The normalized spacial score (nSPS) is 33.5. The summed E-state index contributed by atoms with van der Waals surface area (Å²) in [5.74, 6) is -1.44. The molecule has 1 N–H and O–H groups in total. The summed E-state index contributed by atoms with van der Waals surface area (Å²) in [5.41, 5.74) is 2.90. The Balaban J connectivity index is 1.65. The van der Waals surface area contributed by atoms with Crippen LogP contribution in [0.1, 0.15) is 30.9 Å². The number of aryl methyl sites for hydroxylation is 2. The number of carbonyl (C=O) groups is 3. The molecule has 4 aliphatic heterocycles. The Hall–Kier alpha value is -2.58. The number of rotatable bonds is 5. The van der Waals surface area contributed by atoms with Gasteiger partial charge in [-0.3, -0.25) is 14.4 Å². The second kappa shape index (κ2) is 9.06. The molecule has 4 heterocycles. The van der Waals surface area contributed by atoms with E-state index in [0.29, 0.717) is 32.5 Å². The Bertz CT molecular complexity index is 1150. The van der Waals surface area contributed by atoms with Gasteiger partial charge in [-0.25, -0.2) is 0 Å². The molecule has 2 saturated heterocycles. The molecule has 1 aromatic rings. The largest absolute Gasteiger partial charge is 0.396 e. The summed E-state index contributed by atoms with van der Waals surface area (Å²) in [6.45, 7) is 7.39. The summed E-state index contributed by atoms with van der Waals surface area (Å²) in [5, 5.41) is 9.38. The van der Waals surface area contributed by atoms with Crippen molar-refractivity contribution in [3.63, 3.8) is 0 Å². The third-order valence-electron chi connectivity index (χ3n) is 8.27. The third kappa shape index (κ3) is 3.56. The minimum atomic E-state index is -0.837. The number of benzene rings is 1. The van der Waals surface area contributed by atoms with Crippen molar-refractivity contribution in [2.24, 2.45) is 11.8 Å². The van der Waals surface area contributed by atoms with Gasteiger partial charge in [0, 0.05) is 43.7 Å². The number of para-hydroxylation sites is 1. The first kappa shape index (κ1) is 25.1. The monoisotopic (exact) mass is 509 g/mol. The van der Waals surface area contributed by atoms with Gasteiger partial charge in [-0.2, -0.15) is 0 Å². The van der Waals surface area contributed by atoms with Crippen LogP contribution in [-0.4, -0.2) is 81.5 Å². The molecular formula is C28H35N3O4S. The first-order chi connectivity index (χ1) is 17.2. The average Bonchev–Trinajstić information content (AvgIpc) is 3.10. The quantitative estimate of drug-likeness (QED) is 0.488. The second-order valence-corrected chi connectivity index (χ2v) is 12.5. The van der Waals surface area contributed by atoms with Crippen molar-refractivity contribution >= 4 is 35.2 Å². The minimum absolute atomic E-state index is 0.0349. The highest BCUT2D eigenvalue weighted by molar-refractivity contribution is 8.02. The Kier molecular flexibility index (Phi) is 6.32. The number of likely N-dealkylation sites (N-methyl/N-ethyl adjacent to an activating group) is 1. The van der Waals surface area contributed by atoms with Crippen LogP contribution in [0.5, 0.6) is 0 Å². The van der Waals surface area contributed by atoms with Crippen LogP contribution in [-0.2, 0) is 14.4 Å². The molecule has 0 bridgehead atoms. The van der Waals surface area contributed by atoms with Crippen molar-refractivity contribution in [3.8, 4) is 0 Å². The molecule has 1 aromatic carbocycles. The molecule has 0 aromatic heterocycles. The number of aliphatic hydroxyl groups excluding tert-OH is 1. The Morgan fingerprint density at radius 1 is 0.972 bits per heavy atom. The number of hydrogen-bond donors (Lipinski definition) is 1. The number of thioether (sulfide) groups is 1. The van der Waals surface area contributed by atoms with Crippen LogP contribution < -0.4 is 4.90 Å². The van der Waals surface area contributed by atoms with Crippen LogP contribution in [0, 0.1) is 25.7 Å². The van der Waals surface area contributed by atoms with Gasteiger partial charge < -0.3 is 19.8 Å². The molecule has 192 valence electrons. The van der Waals surface area contributed by atoms with E-state index >= 15 is 0 Å². The summed E-state index contributed by atoms with van der Waals surface area (Å²) < 4.78 is -1.42. The van der Waals surface area contributed by atoms with Crippen molar-refractivity contribution in [3.05, 3.63) is 53.6 Å². The molecule has 5 atom stereocenters. The summed E-state index contributed by atoms with van der Waals surface area (Å²) in [6.07, 6.45) is 9.31. The maximum Gasteiger partial charge on any atom is 0.251 e. The van der Waals surface area contributed by atoms with Crippen molar-refractivity contribution in [2.75, 3.05) is 38.2 Å². The number of amides is 3. The number of carbonyl (C=O) groups excluding carboxylic acids is 3. The van der Waals surface area contributed by atoms with Gasteiger partial charge in [0.05, 0.1) is 16.6 Å². The number of aliphatic hydroxyl groups is 1. The molecule has 0 radical (unpaired) electrons. The maximum absolute atomic E-state index is 14.5. The molecule has 4 aliphatic rings. The number of fused-ring (bicyclic) bond motifs is 2. The van der Waals surface area contributed by atoms with E-state index in [1.54, 1.807) is 28.6 Å². The van der Waals surface area contributed by atoms with E-state index in [0.717, 1.165) is 16.8 Å². The first-order valence-electron chi connectivity index (χ1n) is 12.8. The summed E-state index contributed by atoms with van der Waals surface area (Å²) in [4.78, 5) is 47.6. The zero-order chi connectivity index (χ0) is 25.8. The van der Waals surface area contributed by atoms with Crippen molar-refractivity contribution < 1.29 is 19.5 Å². The summed E-state index contributed by atoms with van der Waals surface area (Å²) in [6, 6.07) is 5.28. The van der Waals surface area contributed by atoms with Gasteiger partial charge in [0.25, 0.3) is 5.91 Å². The lowest BCUT2D eigenvalue weighted by atomic mass is 9.74. The van der Waals surface area contributed by atoms with Gasteiger partial charge in [-0.05, 0) is 44.7 Å². The van der Waals surface area contributed by atoms with Crippen molar-refractivity contribution in [1.29, 1.82) is 0 Å². The first-order valence-corrected chi connectivity index (χ1v) is 13.6. The summed E-state index contributed by atoms with van der Waals surface area (Å²) in [7, 11) is 1.78. The van der Waals surface area contributed by atoms with Gasteiger partial charge >= 0.3 is 0 Å². The molecule has 0 aliphatic carbocycles. The Labute approximate surface area is 217 Å². The third-order valence-corrected chi connectivity index (χ3v) is 10.1. The van der Waals surface area contributed by atoms with Gasteiger partial charge in [0.1, 0.15) is 6.04 Å². The molecule has 0 saturated carbocycles. The van der Waals surface area contributed by atoms with E-state index in [1.165, 1.54) is 0 Å². The average molecular weight is 510 g/mol. The van der Waals surface area contributed by atoms with Crippen LogP contribution in [0.15, 0.2) is 42.5 Å². The Morgan fingerprint density at radius 3 is 2.36 bits per heavy atom. The fourth-order valence-electron chi connectivity index (χ4n) is 6.71. The molecule has 1 spiro atoms. The van der Waals surface area contributed by atoms with Gasteiger partial charge in [0.2, 0.25) is 11.8 Å². The second-order valence-electron chi connectivity index (χ2n) is 10.7. The predicted octanol–water partition coefficient (Wildman–Crippen LogP) is 2.69. The fraction of sp³-hybridized carbons (Fsp3) is 0.536. The highest BCUT2D eigenvalue weighted by atomic mass is 32.2. The molecular weight excluding hydrogens is 474 g/mol. The molecule has 2 fully saturated rings. The van der Waals surface area contributed by atoms with Crippen LogP contribution in [0.2, 0.25) is 0 Å². The van der Waals surface area contributed by atoms with Crippen molar-refractivity contribution in [1.82, 2.24) is 9.80 Å². The van der Waals surface area contributed by atoms with Crippen LogP contribution in [0.4, 0.5) is 5.69 Å². The van der Waals surface area contributed by atoms with Crippen LogP contribution in [0.25, 0.3) is 0 Å². The topological polar surface area (TPSA) is 81.2 Å². The van der Waals surface area contributed by atoms with Gasteiger partial charge in [-0.1, -0.05) is 42.5 Å². The zero-order valence-electron chi connectivity index (χ0n) is 21.4. The van der Waals surface area contributed by atoms with E-state index in [4.69, 9.17) is 0 Å². The molecule has 8 heteroatoms. The molecule has 36 heavy (non-hydrogen) atoms. The van der Waals surface area contributed by atoms with E-state index < -0.39 is 27.4 Å². The number of nitrogens with zero attached hydrogens (tertiary/aromatic N) is 3. The highest BCUT2D eigenvalue weighted by Gasteiger charge is 2.73. The lowest BCUT2D eigenvalue weighted by molar-refractivity contribution is -0.143. The standard InChI is InChI=1S/C28H35N3O4S/c1-18-10-7-11-19(2)22(18)30-16-9-13-28-21(20-24(33)29(4)14-8-12-27(20,3)36-28)25(34)31(15-5-6-17-32)23(28)26(30)35/h7-13,20-21,23,32H,5-6,14-17H2,1-4H3/t20-,21+,23?,27+,28+/m1/s1. The van der Waals surface area contributed by atoms with Crippen LogP contribution in [0.3, 0.4) is 0 Å². The zero-order valence-corrected chi connectivity index (χ0v) is 22.3. The smallest absolute Gasteiger partial charge is 0.251 e. The lowest BCUT2D eigenvalue weighted by Gasteiger charge is -2.37. The van der Waals surface area contributed by atoms with E-state index in [9.17, 15) is 19.5 Å². The number of likely N-dealkylation sites (tertiary alicyclic amines) is 1. The molecule has 7 nitrogen and oxygen atoms in total. The number of hydrogen-bond acceptors (Lipinski definition) is 5. The van der Waals surface area contributed by atoms with Gasteiger partial charge in [0.15, 0.2) is 0 Å². The van der Waals surface area contributed by atoms with Gasteiger partial charge in [-0.15, -0.1) is 11.8 Å². The molecule has 3 amide bonds. The number of anilines is 1. The predicted molar refractivity (Wildman–Crippen MR) is 142 cm³/mol. The SMILES string of the molecule is Cc1cccc(C)c1N1CC=C[C@]23S[C@@]4(C)C=CCN(C)C(=O)[C@H]4[C@H]2C(=O)N(CCCCO)C3C1=O. The lowest BCUT2D eigenvalue weighted by Crippen LogP contribution is -2.53. The molecule has 5 rings (SSSR count). The number of unbranched alkanes of at least 4 members (excludes halogenated alkanes) is 1. The maximum atomic E-state index is 14.5. The van der Waals surface area contributed by atoms with Crippen LogP contribution >= 0.6 is 11.8 Å². The van der Waals surface area contributed by atoms with E-state index in [-0.39, 0.29) is 24.3 Å². The summed E-state index contributed by atoms with van der Waals surface area (Å²) >= 11 is 1.61. The minimum Gasteiger partial charge on any atom is -0.396 e. The fourth-order valence-corrected chi connectivity index (χ4v) is 8.87. The highest BCUT2D eigenvalue weighted by Crippen LogP contribution is 2.65. The van der Waals surface area contributed by atoms with E-state index in [2.05, 4.69) is 12.2 Å². The molecule has 1 unspecified atom stereocenters.